The van der Waals surface area contributed by atoms with Gasteiger partial charge in [-0.2, -0.15) is 0 Å². The third-order valence-corrected chi connectivity index (χ3v) is 5.08. The van der Waals surface area contributed by atoms with Gasteiger partial charge in [-0.3, -0.25) is 4.79 Å². The zero-order valence-electron chi connectivity index (χ0n) is 14.6. The maximum absolute atomic E-state index is 14.6. The first kappa shape index (κ1) is 20.4. The van der Waals surface area contributed by atoms with Gasteiger partial charge in [-0.15, -0.1) is 0 Å². The molecule has 28 heavy (non-hydrogen) atoms. The summed E-state index contributed by atoms with van der Waals surface area (Å²) in [6, 6.07) is 7.46. The van der Waals surface area contributed by atoms with Crippen molar-refractivity contribution in [2.45, 2.75) is 24.9 Å². The second-order valence-electron chi connectivity index (χ2n) is 6.40. The van der Waals surface area contributed by atoms with Crippen LogP contribution in [0.4, 0.5) is 13.6 Å². The van der Waals surface area contributed by atoms with E-state index in [1.165, 1.54) is 6.07 Å². The lowest BCUT2D eigenvalue weighted by atomic mass is 9.98. The van der Waals surface area contributed by atoms with Crippen LogP contribution in [0.5, 0.6) is 0 Å². The monoisotopic (exact) mass is 427 g/mol. The lowest BCUT2D eigenvalue weighted by Gasteiger charge is -2.22. The first-order valence-electron chi connectivity index (χ1n) is 8.57. The number of rotatable bonds is 6. The van der Waals surface area contributed by atoms with Gasteiger partial charge in [0.1, 0.15) is 22.7 Å². The van der Waals surface area contributed by atoms with E-state index in [9.17, 15) is 18.4 Å². The third-order valence-electron chi connectivity index (χ3n) is 4.48. The summed E-state index contributed by atoms with van der Waals surface area (Å²) in [6.07, 6.45) is 0.839. The molecule has 3 amide bonds. The van der Waals surface area contributed by atoms with Gasteiger partial charge in [0.15, 0.2) is 0 Å². The molecule has 2 aromatic rings. The number of hydrogen-bond acceptors (Lipinski definition) is 2. The van der Waals surface area contributed by atoms with E-state index in [1.54, 1.807) is 12.1 Å². The third kappa shape index (κ3) is 4.72. The van der Waals surface area contributed by atoms with Gasteiger partial charge in [0.2, 0.25) is 5.91 Å². The number of hydrogen-bond donors (Lipinski definition) is 3. The predicted octanol–water partition coefficient (Wildman–Crippen LogP) is 3.74. The highest BCUT2D eigenvalue weighted by Crippen LogP contribution is 2.29. The van der Waals surface area contributed by atoms with Crippen molar-refractivity contribution < 1.29 is 18.4 Å². The van der Waals surface area contributed by atoms with Crippen molar-refractivity contribution in [2.75, 3.05) is 6.54 Å². The zero-order chi connectivity index (χ0) is 20.3. The van der Waals surface area contributed by atoms with Crippen molar-refractivity contribution in [1.29, 1.82) is 0 Å². The molecule has 5 nitrogen and oxygen atoms in total. The molecule has 2 atom stereocenters. The minimum Gasteiger partial charge on any atom is -0.347 e. The van der Waals surface area contributed by atoms with E-state index >= 15 is 0 Å². The number of halogens is 4. The zero-order valence-corrected chi connectivity index (χ0v) is 16.1. The topological polar surface area (TPSA) is 70.2 Å². The van der Waals surface area contributed by atoms with Gasteiger partial charge in [-0.05, 0) is 36.6 Å². The Kier molecular flexibility index (Phi) is 6.36. The number of benzene rings is 2. The van der Waals surface area contributed by atoms with Crippen LogP contribution in [0.2, 0.25) is 10.0 Å². The Bertz CT molecular complexity index is 893. The van der Waals surface area contributed by atoms with Crippen molar-refractivity contribution >= 4 is 35.1 Å². The number of nitrogens with one attached hydrogen (secondary N) is 3. The standard InChI is InChI=1S/C19H17Cl2F2N3O2/c20-11-4-1-10(2-5-11)3-8-14(12-6-7-13(22)16(21)17(12)23)25-18(27)15-9-24-19(28)26-15/h1-2,4-7,14-15H,3,8-9H2,(H,25,27)(H2,24,26,28)/t14-,15-/m0/s1. The average Bonchev–Trinajstić information content (AvgIpc) is 3.11. The van der Waals surface area contributed by atoms with Crippen molar-refractivity contribution in [2.24, 2.45) is 0 Å². The second-order valence-corrected chi connectivity index (χ2v) is 7.21. The molecule has 1 fully saturated rings. The van der Waals surface area contributed by atoms with Crippen LogP contribution in [0.15, 0.2) is 36.4 Å². The van der Waals surface area contributed by atoms with E-state index in [0.29, 0.717) is 17.9 Å². The summed E-state index contributed by atoms with van der Waals surface area (Å²) in [5.74, 6) is -2.27. The van der Waals surface area contributed by atoms with Gasteiger partial charge in [-0.1, -0.05) is 41.4 Å². The number of carbonyl (C=O) groups excluding carboxylic acids is 2. The molecule has 2 aromatic carbocycles. The molecule has 1 saturated heterocycles. The van der Waals surface area contributed by atoms with Crippen LogP contribution in [0.1, 0.15) is 23.6 Å². The maximum Gasteiger partial charge on any atom is 0.315 e. The van der Waals surface area contributed by atoms with Crippen LogP contribution in [0.25, 0.3) is 0 Å². The molecule has 0 aromatic heterocycles. The minimum absolute atomic E-state index is 0.0750. The Morgan fingerprint density at radius 2 is 1.89 bits per heavy atom. The number of aryl methyl sites for hydroxylation is 1. The highest BCUT2D eigenvalue weighted by molar-refractivity contribution is 6.31. The van der Waals surface area contributed by atoms with E-state index in [-0.39, 0.29) is 12.1 Å². The molecule has 3 rings (SSSR count). The summed E-state index contributed by atoms with van der Waals surface area (Å²) >= 11 is 11.6. The Labute approximate surface area is 170 Å². The molecule has 148 valence electrons. The first-order valence-corrected chi connectivity index (χ1v) is 9.33. The largest absolute Gasteiger partial charge is 0.347 e. The number of carbonyl (C=O) groups is 2. The molecule has 1 heterocycles. The Morgan fingerprint density at radius 3 is 2.54 bits per heavy atom. The summed E-state index contributed by atoms with van der Waals surface area (Å²) in [5.41, 5.74) is 1.01. The lowest BCUT2D eigenvalue weighted by Crippen LogP contribution is -2.44. The Hall–Kier alpha value is -2.38. The van der Waals surface area contributed by atoms with E-state index in [2.05, 4.69) is 16.0 Å². The van der Waals surface area contributed by atoms with Gasteiger partial charge in [0, 0.05) is 17.1 Å². The SMILES string of the molecule is O=C1NC[C@@H](C(=O)N[C@@H](CCc2ccc(Cl)cc2)c2ccc(F)c(Cl)c2F)N1. The Morgan fingerprint density at radius 1 is 1.18 bits per heavy atom. The van der Waals surface area contributed by atoms with Crippen LogP contribution >= 0.6 is 23.2 Å². The number of urea groups is 1. The summed E-state index contributed by atoms with van der Waals surface area (Å²) < 4.78 is 28.1. The first-order chi connectivity index (χ1) is 13.3. The molecule has 1 aliphatic heterocycles. The summed E-state index contributed by atoms with van der Waals surface area (Å²) in [6.45, 7) is 0.126. The van der Waals surface area contributed by atoms with Gasteiger partial charge >= 0.3 is 6.03 Å². The van der Waals surface area contributed by atoms with Gasteiger partial charge in [0.05, 0.1) is 6.04 Å². The molecule has 9 heteroatoms. The maximum atomic E-state index is 14.6. The fourth-order valence-corrected chi connectivity index (χ4v) is 3.26. The van der Waals surface area contributed by atoms with Gasteiger partial charge in [-0.25, -0.2) is 13.6 Å². The highest BCUT2D eigenvalue weighted by Gasteiger charge is 2.29. The molecule has 0 saturated carbocycles. The molecule has 0 spiro atoms. The van der Waals surface area contributed by atoms with E-state index in [0.717, 1.165) is 11.6 Å². The molecule has 0 bridgehead atoms. The Balaban J connectivity index is 1.80. The van der Waals surface area contributed by atoms with Gasteiger partial charge in [0.25, 0.3) is 0 Å². The predicted molar refractivity (Wildman–Crippen MR) is 102 cm³/mol. The molecule has 0 unspecified atom stereocenters. The van der Waals surface area contributed by atoms with Crippen molar-refractivity contribution in [3.63, 3.8) is 0 Å². The van der Waals surface area contributed by atoms with Crippen molar-refractivity contribution in [1.82, 2.24) is 16.0 Å². The summed E-state index contributed by atoms with van der Waals surface area (Å²) in [4.78, 5) is 23.7. The summed E-state index contributed by atoms with van der Waals surface area (Å²) in [5, 5.41) is 7.65. The highest BCUT2D eigenvalue weighted by atomic mass is 35.5. The average molecular weight is 428 g/mol. The molecular formula is C19H17Cl2F2N3O2. The smallest absolute Gasteiger partial charge is 0.315 e. The molecular weight excluding hydrogens is 411 g/mol. The molecule has 1 aliphatic rings. The number of amides is 3. The quantitative estimate of drug-likeness (QED) is 0.614. The van der Waals surface area contributed by atoms with Crippen LogP contribution in [0, 0.1) is 11.6 Å². The molecule has 0 aliphatic carbocycles. The van der Waals surface area contributed by atoms with Crippen LogP contribution in [0.3, 0.4) is 0 Å². The van der Waals surface area contributed by atoms with Crippen molar-refractivity contribution in [3.05, 3.63) is 69.2 Å². The summed E-state index contributed by atoms with van der Waals surface area (Å²) in [7, 11) is 0. The molecule has 3 N–H and O–H groups in total. The van der Waals surface area contributed by atoms with E-state index < -0.39 is 40.7 Å². The van der Waals surface area contributed by atoms with E-state index in [1.807, 2.05) is 12.1 Å². The van der Waals surface area contributed by atoms with Crippen molar-refractivity contribution in [3.8, 4) is 0 Å². The fraction of sp³-hybridized carbons (Fsp3) is 0.263. The minimum atomic E-state index is -0.920. The molecule has 0 radical (unpaired) electrons. The second kappa shape index (κ2) is 8.75. The normalized spacial score (nSPS) is 17.0. The fourth-order valence-electron chi connectivity index (χ4n) is 2.96. The lowest BCUT2D eigenvalue weighted by molar-refractivity contribution is -0.123. The van der Waals surface area contributed by atoms with Crippen LogP contribution in [-0.2, 0) is 11.2 Å². The van der Waals surface area contributed by atoms with E-state index in [4.69, 9.17) is 23.2 Å². The van der Waals surface area contributed by atoms with Crippen LogP contribution < -0.4 is 16.0 Å². The van der Waals surface area contributed by atoms with Gasteiger partial charge < -0.3 is 16.0 Å². The van der Waals surface area contributed by atoms with Crippen LogP contribution in [-0.4, -0.2) is 24.5 Å².